The normalized spacial score (nSPS) is 15.0. The van der Waals surface area contributed by atoms with Gasteiger partial charge in [-0.25, -0.2) is 4.79 Å². The topological polar surface area (TPSA) is 102 Å². The van der Waals surface area contributed by atoms with E-state index in [0.29, 0.717) is 11.4 Å². The molecule has 1 aliphatic heterocycles. The van der Waals surface area contributed by atoms with Crippen molar-refractivity contribution < 1.29 is 19.2 Å². The van der Waals surface area contributed by atoms with Crippen LogP contribution in [0.3, 0.4) is 0 Å². The number of nitro benzene ring substituents is 1. The third-order valence-corrected chi connectivity index (χ3v) is 5.57. The molecule has 2 aromatic rings. The summed E-state index contributed by atoms with van der Waals surface area (Å²) in [5.74, 6) is -1.20. The third-order valence-electron chi connectivity index (χ3n) is 5.57. The van der Waals surface area contributed by atoms with E-state index in [1.807, 2.05) is 23.1 Å². The SMILES string of the molecule is O=C(COC(=O)c1cc([N+](=O)[O-])ccc1N1CCCC1)Nc1ccc2c(c1)CCC2. The van der Waals surface area contributed by atoms with Crippen molar-refractivity contribution in [2.24, 2.45) is 0 Å². The van der Waals surface area contributed by atoms with Gasteiger partial charge in [0.05, 0.1) is 16.2 Å². The van der Waals surface area contributed by atoms with Crippen LogP contribution in [0.4, 0.5) is 17.1 Å². The molecular weight excluding hydrogens is 386 g/mol. The Hall–Kier alpha value is -3.42. The first-order valence-corrected chi connectivity index (χ1v) is 10.1. The van der Waals surface area contributed by atoms with Gasteiger partial charge < -0.3 is 15.0 Å². The molecule has 0 bridgehead atoms. The summed E-state index contributed by atoms with van der Waals surface area (Å²) in [5, 5.41) is 13.9. The van der Waals surface area contributed by atoms with Gasteiger partial charge in [0.2, 0.25) is 0 Å². The molecule has 0 aromatic heterocycles. The van der Waals surface area contributed by atoms with Gasteiger partial charge in [-0.1, -0.05) is 6.07 Å². The maximum absolute atomic E-state index is 12.7. The van der Waals surface area contributed by atoms with Gasteiger partial charge in [0.25, 0.3) is 11.6 Å². The maximum Gasteiger partial charge on any atom is 0.341 e. The number of carbonyl (C=O) groups excluding carboxylic acids is 2. The molecule has 1 saturated heterocycles. The number of nitrogens with zero attached hydrogens (tertiary/aromatic N) is 2. The van der Waals surface area contributed by atoms with Crippen molar-refractivity contribution in [3.63, 3.8) is 0 Å². The number of benzene rings is 2. The molecule has 1 N–H and O–H groups in total. The van der Waals surface area contributed by atoms with E-state index < -0.39 is 23.4 Å². The number of amides is 1. The van der Waals surface area contributed by atoms with E-state index in [1.165, 1.54) is 23.3 Å². The van der Waals surface area contributed by atoms with Crippen LogP contribution in [0.1, 0.15) is 40.7 Å². The van der Waals surface area contributed by atoms with Crippen LogP contribution in [0.2, 0.25) is 0 Å². The van der Waals surface area contributed by atoms with Crippen LogP contribution < -0.4 is 10.2 Å². The molecule has 0 unspecified atom stereocenters. The predicted octanol–water partition coefficient (Wildman–Crippen LogP) is 3.48. The van der Waals surface area contributed by atoms with E-state index in [1.54, 1.807) is 6.07 Å². The highest BCUT2D eigenvalue weighted by molar-refractivity contribution is 5.99. The van der Waals surface area contributed by atoms with Gasteiger partial charge in [-0.15, -0.1) is 0 Å². The number of carbonyl (C=O) groups is 2. The summed E-state index contributed by atoms with van der Waals surface area (Å²) in [4.78, 5) is 37.5. The van der Waals surface area contributed by atoms with Crippen molar-refractivity contribution in [3.05, 3.63) is 63.2 Å². The number of hydrogen-bond acceptors (Lipinski definition) is 6. The van der Waals surface area contributed by atoms with Crippen LogP contribution in [0.15, 0.2) is 36.4 Å². The van der Waals surface area contributed by atoms with E-state index in [0.717, 1.165) is 45.2 Å². The molecule has 1 amide bonds. The molecule has 2 aliphatic rings. The minimum absolute atomic E-state index is 0.108. The molecule has 0 spiro atoms. The second-order valence-electron chi connectivity index (χ2n) is 7.61. The lowest BCUT2D eigenvalue weighted by molar-refractivity contribution is -0.384. The summed E-state index contributed by atoms with van der Waals surface area (Å²) in [6.45, 7) is 1.09. The number of anilines is 2. The highest BCUT2D eigenvalue weighted by Crippen LogP contribution is 2.29. The molecule has 0 radical (unpaired) electrons. The molecule has 4 rings (SSSR count). The maximum atomic E-state index is 12.7. The number of nitrogens with one attached hydrogen (secondary N) is 1. The monoisotopic (exact) mass is 409 g/mol. The Morgan fingerprint density at radius 3 is 2.57 bits per heavy atom. The van der Waals surface area contributed by atoms with Crippen molar-refractivity contribution in [1.29, 1.82) is 0 Å². The number of fused-ring (bicyclic) bond motifs is 1. The van der Waals surface area contributed by atoms with Gasteiger partial charge in [0, 0.05) is 30.9 Å². The quantitative estimate of drug-likeness (QED) is 0.445. The molecule has 0 saturated carbocycles. The first kappa shape index (κ1) is 19.9. The molecule has 1 fully saturated rings. The number of hydrogen-bond donors (Lipinski definition) is 1. The zero-order valence-electron chi connectivity index (χ0n) is 16.6. The minimum Gasteiger partial charge on any atom is -0.452 e. The van der Waals surface area contributed by atoms with Gasteiger partial charge >= 0.3 is 5.97 Å². The number of aryl methyl sites for hydroxylation is 2. The number of nitro groups is 1. The largest absolute Gasteiger partial charge is 0.452 e. The zero-order valence-corrected chi connectivity index (χ0v) is 16.6. The van der Waals surface area contributed by atoms with Crippen LogP contribution in [0.5, 0.6) is 0 Å². The Morgan fingerprint density at radius 1 is 1.03 bits per heavy atom. The summed E-state index contributed by atoms with van der Waals surface area (Å²) < 4.78 is 5.19. The highest BCUT2D eigenvalue weighted by atomic mass is 16.6. The van der Waals surface area contributed by atoms with E-state index >= 15 is 0 Å². The molecule has 0 atom stereocenters. The summed E-state index contributed by atoms with van der Waals surface area (Å²) in [6.07, 6.45) is 5.17. The Morgan fingerprint density at radius 2 is 1.80 bits per heavy atom. The van der Waals surface area contributed by atoms with Crippen molar-refractivity contribution in [2.45, 2.75) is 32.1 Å². The second-order valence-corrected chi connectivity index (χ2v) is 7.61. The van der Waals surface area contributed by atoms with Gasteiger partial charge in [-0.05, 0) is 61.4 Å². The Balaban J connectivity index is 1.43. The first-order valence-electron chi connectivity index (χ1n) is 10.1. The van der Waals surface area contributed by atoms with Crippen molar-refractivity contribution in [1.82, 2.24) is 0 Å². The van der Waals surface area contributed by atoms with Gasteiger partial charge in [-0.3, -0.25) is 14.9 Å². The Bertz CT molecular complexity index is 998. The Labute approximate surface area is 174 Å². The van der Waals surface area contributed by atoms with Crippen LogP contribution in [0, 0.1) is 10.1 Å². The lowest BCUT2D eigenvalue weighted by atomic mass is 10.1. The molecule has 156 valence electrons. The zero-order chi connectivity index (χ0) is 21.1. The Kier molecular flexibility index (Phi) is 5.65. The molecule has 8 heteroatoms. The number of esters is 1. The van der Waals surface area contributed by atoms with E-state index in [9.17, 15) is 19.7 Å². The summed E-state index contributed by atoms with van der Waals surface area (Å²) >= 11 is 0. The predicted molar refractivity (Wildman–Crippen MR) is 112 cm³/mol. The van der Waals surface area contributed by atoms with Crippen LogP contribution >= 0.6 is 0 Å². The van der Waals surface area contributed by atoms with Gasteiger partial charge in [0.15, 0.2) is 6.61 Å². The molecule has 8 nitrogen and oxygen atoms in total. The lowest BCUT2D eigenvalue weighted by Crippen LogP contribution is -2.24. The van der Waals surface area contributed by atoms with E-state index in [2.05, 4.69) is 5.32 Å². The van der Waals surface area contributed by atoms with Crippen LogP contribution in [0.25, 0.3) is 0 Å². The van der Waals surface area contributed by atoms with Crippen molar-refractivity contribution >= 4 is 28.9 Å². The number of ether oxygens (including phenoxy) is 1. The average Bonchev–Trinajstić information content (AvgIpc) is 3.43. The first-order chi connectivity index (χ1) is 14.5. The molecule has 2 aromatic carbocycles. The fourth-order valence-corrected chi connectivity index (χ4v) is 4.09. The summed E-state index contributed by atoms with van der Waals surface area (Å²) in [7, 11) is 0. The number of rotatable bonds is 6. The van der Waals surface area contributed by atoms with E-state index in [-0.39, 0.29) is 11.3 Å². The third kappa shape index (κ3) is 4.27. The second kappa shape index (κ2) is 8.52. The van der Waals surface area contributed by atoms with Crippen molar-refractivity contribution in [3.8, 4) is 0 Å². The molecular formula is C22H23N3O5. The average molecular weight is 409 g/mol. The van der Waals surface area contributed by atoms with Crippen molar-refractivity contribution in [2.75, 3.05) is 29.9 Å². The van der Waals surface area contributed by atoms with Crippen LogP contribution in [-0.2, 0) is 22.4 Å². The lowest BCUT2D eigenvalue weighted by Gasteiger charge is -2.20. The summed E-state index contributed by atoms with van der Waals surface area (Å²) in [5.41, 5.74) is 3.73. The highest BCUT2D eigenvalue weighted by Gasteiger charge is 2.24. The smallest absolute Gasteiger partial charge is 0.341 e. The van der Waals surface area contributed by atoms with Gasteiger partial charge in [-0.2, -0.15) is 0 Å². The molecule has 30 heavy (non-hydrogen) atoms. The van der Waals surface area contributed by atoms with Gasteiger partial charge in [0.1, 0.15) is 0 Å². The fraction of sp³-hybridized carbons (Fsp3) is 0.364. The fourth-order valence-electron chi connectivity index (χ4n) is 4.09. The standard InChI is InChI=1S/C22H23N3O5/c26-21(23-17-7-6-15-4-3-5-16(15)12-17)14-30-22(27)19-13-18(25(28)29)8-9-20(19)24-10-1-2-11-24/h6-9,12-13H,1-5,10-11,14H2,(H,23,26). The molecule has 1 aliphatic carbocycles. The summed E-state index contributed by atoms with van der Waals surface area (Å²) in [6, 6.07) is 9.98. The number of non-ortho nitro benzene ring substituents is 1. The minimum atomic E-state index is -0.746. The van der Waals surface area contributed by atoms with E-state index in [4.69, 9.17) is 4.74 Å². The molecule has 1 heterocycles. The van der Waals surface area contributed by atoms with Crippen LogP contribution in [-0.4, -0.2) is 36.5 Å².